The minimum Gasteiger partial charge on any atom is -0.207 e. The van der Waals surface area contributed by atoms with Gasteiger partial charge in [0, 0.05) is 10.0 Å². The molecule has 0 fully saturated rings. The van der Waals surface area contributed by atoms with Gasteiger partial charge < -0.3 is 0 Å². The van der Waals surface area contributed by atoms with E-state index in [2.05, 4.69) is 12.6 Å². The average Bonchev–Trinajstić information content (AvgIpc) is 2.49. The van der Waals surface area contributed by atoms with E-state index in [-0.39, 0.29) is 20.5 Å². The lowest BCUT2D eigenvalue weighted by Crippen LogP contribution is -2.48. The van der Waals surface area contributed by atoms with E-state index in [1.54, 1.807) is 23.8 Å². The summed E-state index contributed by atoms with van der Waals surface area (Å²) in [5, 5.41) is -1.38. The van der Waals surface area contributed by atoms with Crippen molar-refractivity contribution >= 4 is 45.9 Å². The van der Waals surface area contributed by atoms with Gasteiger partial charge in [0.25, 0.3) is 0 Å². The molecule has 0 aromatic heterocycles. The quantitative estimate of drug-likeness (QED) is 0.541. The van der Waals surface area contributed by atoms with Crippen molar-refractivity contribution in [1.82, 2.24) is 4.72 Å². The molecule has 1 N–H and O–H groups in total. The van der Waals surface area contributed by atoms with Gasteiger partial charge in [-0.05, 0) is 49.6 Å². The highest BCUT2D eigenvalue weighted by Gasteiger charge is 2.47. The maximum Gasteiger partial charge on any atom is 0.406 e. The van der Waals surface area contributed by atoms with Gasteiger partial charge in [-0.25, -0.2) is 8.42 Å². The Morgan fingerprint density at radius 2 is 1.57 bits per heavy atom. The largest absolute Gasteiger partial charge is 0.406 e. The van der Waals surface area contributed by atoms with Crippen LogP contribution in [0, 0.1) is 20.8 Å². The van der Waals surface area contributed by atoms with E-state index in [4.69, 9.17) is 23.2 Å². The molecule has 0 bridgehead atoms. The minimum absolute atomic E-state index is 0.0109. The summed E-state index contributed by atoms with van der Waals surface area (Å²) in [6.45, 7) is 4.84. The summed E-state index contributed by atoms with van der Waals surface area (Å²) in [6.07, 6.45) is -4.91. The maximum absolute atomic E-state index is 13.7. The molecule has 10 heteroatoms. The summed E-state index contributed by atoms with van der Waals surface area (Å²) >= 11 is 15.8. The standard InChI is InChI=1S/C18H18Cl2F3NO2S2/c1-9-6-10(2)16(11(3)7-9)28(25,26)24-17(18(21,22)23)15(27)13-5-4-12(19)8-14(13)20/h4-8,15,17,24,27H,1-3H3. The Kier molecular flexibility index (Phi) is 7.04. The molecule has 2 aromatic rings. The van der Waals surface area contributed by atoms with Crippen LogP contribution in [0.2, 0.25) is 10.0 Å². The van der Waals surface area contributed by atoms with Gasteiger partial charge in [-0.3, -0.25) is 0 Å². The smallest absolute Gasteiger partial charge is 0.207 e. The summed E-state index contributed by atoms with van der Waals surface area (Å²) in [6, 6.07) is 4.62. The molecule has 0 aliphatic rings. The van der Waals surface area contributed by atoms with E-state index in [1.165, 1.54) is 32.0 Å². The zero-order chi connectivity index (χ0) is 21.4. The van der Waals surface area contributed by atoms with Gasteiger partial charge in [0.2, 0.25) is 10.0 Å². The Hall–Kier alpha value is -0.930. The monoisotopic (exact) mass is 471 g/mol. The number of hydrogen-bond acceptors (Lipinski definition) is 3. The summed E-state index contributed by atoms with van der Waals surface area (Å²) in [7, 11) is -4.48. The second kappa shape index (κ2) is 8.44. The van der Waals surface area contributed by atoms with Crippen LogP contribution in [0.3, 0.4) is 0 Å². The van der Waals surface area contributed by atoms with Crippen LogP contribution in [0.5, 0.6) is 0 Å². The molecular weight excluding hydrogens is 454 g/mol. The van der Waals surface area contributed by atoms with Crippen LogP contribution < -0.4 is 4.72 Å². The molecule has 2 rings (SSSR count). The predicted molar refractivity (Wildman–Crippen MR) is 109 cm³/mol. The third-order valence-electron chi connectivity index (χ3n) is 4.11. The molecule has 0 radical (unpaired) electrons. The molecular formula is C18H18Cl2F3NO2S2. The van der Waals surface area contributed by atoms with Gasteiger partial charge >= 0.3 is 6.18 Å². The summed E-state index contributed by atoms with van der Waals surface area (Å²) < 4.78 is 68.6. The normalized spacial score (nSPS) is 14.8. The molecule has 3 nitrogen and oxygen atoms in total. The van der Waals surface area contributed by atoms with Crippen molar-refractivity contribution < 1.29 is 21.6 Å². The van der Waals surface area contributed by atoms with E-state index in [0.29, 0.717) is 11.1 Å². The van der Waals surface area contributed by atoms with Crippen LogP contribution in [-0.2, 0) is 10.0 Å². The zero-order valence-electron chi connectivity index (χ0n) is 15.1. The first-order chi connectivity index (χ1) is 12.7. The number of hydrogen-bond donors (Lipinski definition) is 2. The summed E-state index contributed by atoms with van der Waals surface area (Å²) in [5.41, 5.74) is 1.52. The van der Waals surface area contributed by atoms with E-state index in [9.17, 15) is 21.6 Å². The highest BCUT2D eigenvalue weighted by atomic mass is 35.5. The number of alkyl halides is 3. The molecule has 0 saturated heterocycles. The first-order valence-corrected chi connectivity index (χ1v) is 10.8. The van der Waals surface area contributed by atoms with E-state index < -0.39 is 27.5 Å². The average molecular weight is 472 g/mol. The Morgan fingerprint density at radius 3 is 2.04 bits per heavy atom. The fraction of sp³-hybridized carbons (Fsp3) is 0.333. The number of nitrogens with one attached hydrogen (secondary N) is 1. The van der Waals surface area contributed by atoms with Crippen LogP contribution in [0.15, 0.2) is 35.2 Å². The van der Waals surface area contributed by atoms with Crippen molar-refractivity contribution in [2.45, 2.75) is 43.1 Å². The second-order valence-corrected chi connectivity index (χ2v) is 9.53. The molecule has 2 atom stereocenters. The van der Waals surface area contributed by atoms with Crippen LogP contribution in [0.4, 0.5) is 13.2 Å². The second-order valence-electron chi connectivity index (χ2n) is 6.48. The zero-order valence-corrected chi connectivity index (χ0v) is 18.3. The van der Waals surface area contributed by atoms with Crippen LogP contribution in [0.25, 0.3) is 0 Å². The Balaban J connectivity index is 2.51. The highest BCUT2D eigenvalue weighted by Crippen LogP contribution is 2.39. The van der Waals surface area contributed by atoms with Crippen molar-refractivity contribution in [3.8, 4) is 0 Å². The lowest BCUT2D eigenvalue weighted by atomic mass is 10.1. The molecule has 0 spiro atoms. The van der Waals surface area contributed by atoms with Gasteiger partial charge in [0.15, 0.2) is 0 Å². The fourth-order valence-corrected chi connectivity index (χ4v) is 5.91. The van der Waals surface area contributed by atoms with Gasteiger partial charge in [0.05, 0.1) is 10.1 Å². The Morgan fingerprint density at radius 1 is 1.04 bits per heavy atom. The first-order valence-electron chi connectivity index (χ1n) is 8.04. The number of sulfonamides is 1. The molecule has 0 aliphatic carbocycles. The third kappa shape index (κ3) is 5.16. The van der Waals surface area contributed by atoms with Crippen LogP contribution in [0.1, 0.15) is 27.5 Å². The molecule has 154 valence electrons. The molecule has 2 unspecified atom stereocenters. The fourth-order valence-electron chi connectivity index (χ4n) is 3.05. The maximum atomic E-state index is 13.7. The van der Waals surface area contributed by atoms with Crippen molar-refractivity contribution in [3.63, 3.8) is 0 Å². The van der Waals surface area contributed by atoms with Crippen molar-refractivity contribution in [3.05, 3.63) is 62.6 Å². The van der Waals surface area contributed by atoms with Gasteiger partial charge in [0.1, 0.15) is 6.04 Å². The van der Waals surface area contributed by atoms with Crippen molar-refractivity contribution in [1.29, 1.82) is 0 Å². The van der Waals surface area contributed by atoms with E-state index in [0.717, 1.165) is 5.56 Å². The minimum atomic E-state index is -4.91. The highest BCUT2D eigenvalue weighted by molar-refractivity contribution is 7.89. The molecule has 0 aliphatic heterocycles. The lowest BCUT2D eigenvalue weighted by molar-refractivity contribution is -0.151. The molecule has 0 heterocycles. The summed E-state index contributed by atoms with van der Waals surface area (Å²) in [5.74, 6) is 0. The van der Waals surface area contributed by atoms with Crippen molar-refractivity contribution in [2.24, 2.45) is 0 Å². The molecule has 2 aromatic carbocycles. The van der Waals surface area contributed by atoms with Crippen LogP contribution in [-0.4, -0.2) is 20.6 Å². The van der Waals surface area contributed by atoms with Crippen molar-refractivity contribution in [2.75, 3.05) is 0 Å². The Bertz CT molecular complexity index is 972. The SMILES string of the molecule is Cc1cc(C)c(S(=O)(=O)NC(C(S)c2ccc(Cl)cc2Cl)C(F)(F)F)c(C)c1. The number of rotatable bonds is 5. The molecule has 0 saturated carbocycles. The van der Waals surface area contributed by atoms with Gasteiger partial charge in [-0.15, -0.1) is 0 Å². The Labute approximate surface area is 177 Å². The number of benzene rings is 2. The number of halogens is 5. The predicted octanol–water partition coefficient (Wildman–Crippen LogP) is 5.80. The molecule has 28 heavy (non-hydrogen) atoms. The number of thiol groups is 1. The van der Waals surface area contributed by atoms with Gasteiger partial charge in [-0.1, -0.05) is 47.0 Å². The third-order valence-corrected chi connectivity index (χ3v) is 6.99. The van der Waals surface area contributed by atoms with E-state index in [1.807, 2.05) is 0 Å². The lowest BCUT2D eigenvalue weighted by Gasteiger charge is -2.28. The number of aryl methyl sites for hydroxylation is 3. The topological polar surface area (TPSA) is 46.2 Å². The van der Waals surface area contributed by atoms with Gasteiger partial charge in [-0.2, -0.15) is 30.5 Å². The molecule has 0 amide bonds. The summed E-state index contributed by atoms with van der Waals surface area (Å²) in [4.78, 5) is -0.185. The van der Waals surface area contributed by atoms with E-state index >= 15 is 0 Å². The first kappa shape index (κ1) is 23.3. The van der Waals surface area contributed by atoms with Crippen LogP contribution >= 0.6 is 35.8 Å².